The van der Waals surface area contributed by atoms with Gasteiger partial charge in [0, 0.05) is 32.8 Å². The average molecular weight is 538 g/mol. The van der Waals surface area contributed by atoms with E-state index in [2.05, 4.69) is 22.5 Å². The lowest BCUT2D eigenvalue weighted by Crippen LogP contribution is -2.43. The summed E-state index contributed by atoms with van der Waals surface area (Å²) in [5.74, 6) is 1.13. The van der Waals surface area contributed by atoms with Crippen molar-refractivity contribution in [2.24, 2.45) is 10.9 Å². The number of rotatable bonds is 8. The Balaban J connectivity index is 0.00000420. The summed E-state index contributed by atoms with van der Waals surface area (Å²) in [5.41, 5.74) is 0.961. The number of aliphatic imine (C=N–C) groups is 1. The zero-order valence-electron chi connectivity index (χ0n) is 17.8. The number of halogens is 1. The quantitative estimate of drug-likeness (QED) is 0.302. The molecule has 1 aromatic rings. The van der Waals surface area contributed by atoms with Crippen molar-refractivity contribution < 1.29 is 13.2 Å². The van der Waals surface area contributed by atoms with Gasteiger partial charge in [0.25, 0.3) is 0 Å². The van der Waals surface area contributed by atoms with Crippen molar-refractivity contribution >= 4 is 40.0 Å². The van der Waals surface area contributed by atoms with Crippen molar-refractivity contribution in [1.82, 2.24) is 14.9 Å². The molecule has 1 fully saturated rings. The van der Waals surface area contributed by atoms with Crippen LogP contribution in [0.25, 0.3) is 0 Å². The first-order chi connectivity index (χ1) is 13.4. The minimum Gasteiger partial charge on any atom is -0.383 e. The van der Waals surface area contributed by atoms with Crippen molar-refractivity contribution in [3.63, 3.8) is 0 Å². The average Bonchev–Trinajstić information content (AvgIpc) is 2.67. The highest BCUT2D eigenvalue weighted by molar-refractivity contribution is 14.0. The molecule has 2 N–H and O–H groups in total. The van der Waals surface area contributed by atoms with Gasteiger partial charge in [-0.25, -0.2) is 13.4 Å². The number of nitrogens with zero attached hydrogens (tertiary/aromatic N) is 2. The Hall–Kier alpha value is -0.910. The number of methoxy groups -OCH3 is 1. The van der Waals surface area contributed by atoms with Gasteiger partial charge >= 0.3 is 0 Å². The first-order valence-electron chi connectivity index (χ1n) is 9.99. The van der Waals surface area contributed by atoms with Gasteiger partial charge in [-0.05, 0) is 50.3 Å². The van der Waals surface area contributed by atoms with Crippen molar-refractivity contribution in [1.29, 1.82) is 0 Å². The minimum atomic E-state index is -3.41. The van der Waals surface area contributed by atoms with Crippen molar-refractivity contribution in [2.45, 2.75) is 51.1 Å². The molecule has 0 amide bonds. The Morgan fingerprint density at radius 1 is 1.34 bits per heavy atom. The van der Waals surface area contributed by atoms with Crippen LogP contribution in [0.2, 0.25) is 0 Å². The summed E-state index contributed by atoms with van der Waals surface area (Å²) < 4.78 is 32.4. The standard InChI is InChI=1S/C20H34N4O3S.HI/c1-5-21-20(23-17(3)15-27-4)22-13-18-8-10-19(11-9-18)28(25,26)24-12-6-7-16(2)14-24;/h8-11,16-17H,5-7,12-15H2,1-4H3,(H2,21,22,23);1H. The summed E-state index contributed by atoms with van der Waals surface area (Å²) >= 11 is 0. The summed E-state index contributed by atoms with van der Waals surface area (Å²) in [5, 5.41) is 6.49. The monoisotopic (exact) mass is 538 g/mol. The van der Waals surface area contributed by atoms with Gasteiger partial charge in [0.15, 0.2) is 5.96 Å². The molecule has 0 aromatic heterocycles. The van der Waals surface area contributed by atoms with Crippen LogP contribution < -0.4 is 10.6 Å². The smallest absolute Gasteiger partial charge is 0.243 e. The van der Waals surface area contributed by atoms with Gasteiger partial charge in [-0.3, -0.25) is 0 Å². The van der Waals surface area contributed by atoms with E-state index in [0.29, 0.717) is 43.0 Å². The molecule has 1 aromatic carbocycles. The Labute approximate surface area is 192 Å². The number of nitrogens with one attached hydrogen (secondary N) is 2. The molecule has 29 heavy (non-hydrogen) atoms. The molecule has 2 atom stereocenters. The van der Waals surface area contributed by atoms with Gasteiger partial charge in [0.2, 0.25) is 10.0 Å². The van der Waals surface area contributed by atoms with Gasteiger partial charge in [-0.2, -0.15) is 4.31 Å². The lowest BCUT2D eigenvalue weighted by atomic mass is 10.0. The fraction of sp³-hybridized carbons (Fsp3) is 0.650. The highest BCUT2D eigenvalue weighted by atomic mass is 127. The van der Waals surface area contributed by atoms with Gasteiger partial charge in [0.05, 0.1) is 18.0 Å². The molecule has 0 spiro atoms. The summed E-state index contributed by atoms with van der Waals surface area (Å²) in [6.07, 6.45) is 2.02. The Bertz CT molecular complexity index is 741. The maximum Gasteiger partial charge on any atom is 0.243 e. The second-order valence-corrected chi connectivity index (χ2v) is 9.39. The van der Waals surface area contributed by atoms with E-state index in [9.17, 15) is 8.42 Å². The number of hydrogen-bond acceptors (Lipinski definition) is 4. The molecule has 1 heterocycles. The summed E-state index contributed by atoms with van der Waals surface area (Å²) in [6, 6.07) is 7.20. The second kappa shape index (κ2) is 12.7. The zero-order valence-corrected chi connectivity index (χ0v) is 21.0. The SMILES string of the molecule is CCNC(=NCc1ccc(S(=O)(=O)N2CCCC(C)C2)cc1)NC(C)COC.I. The number of hydrogen-bond donors (Lipinski definition) is 2. The fourth-order valence-corrected chi connectivity index (χ4v) is 4.89. The van der Waals surface area contributed by atoms with E-state index >= 15 is 0 Å². The van der Waals surface area contributed by atoms with E-state index in [0.717, 1.165) is 24.9 Å². The molecule has 0 radical (unpaired) electrons. The third-order valence-electron chi connectivity index (χ3n) is 4.74. The number of benzene rings is 1. The highest BCUT2D eigenvalue weighted by Gasteiger charge is 2.28. The van der Waals surface area contributed by atoms with Crippen LogP contribution in [0.4, 0.5) is 0 Å². The summed E-state index contributed by atoms with van der Waals surface area (Å²) in [6.45, 7) is 9.17. The number of ether oxygens (including phenoxy) is 1. The van der Waals surface area contributed by atoms with Gasteiger partial charge in [-0.1, -0.05) is 19.1 Å². The zero-order chi connectivity index (χ0) is 20.6. The molecule has 1 saturated heterocycles. The molecule has 9 heteroatoms. The van der Waals surface area contributed by atoms with E-state index in [1.165, 1.54) is 0 Å². The van der Waals surface area contributed by atoms with Crippen LogP contribution in [0.5, 0.6) is 0 Å². The van der Waals surface area contributed by atoms with Crippen molar-refractivity contribution in [2.75, 3.05) is 33.4 Å². The van der Waals surface area contributed by atoms with E-state index in [-0.39, 0.29) is 30.0 Å². The van der Waals surface area contributed by atoms with Gasteiger partial charge < -0.3 is 15.4 Å². The van der Waals surface area contributed by atoms with Crippen LogP contribution in [0.1, 0.15) is 39.2 Å². The molecule has 0 saturated carbocycles. The summed E-state index contributed by atoms with van der Waals surface area (Å²) in [4.78, 5) is 4.93. The van der Waals surface area contributed by atoms with Crippen molar-refractivity contribution in [3.05, 3.63) is 29.8 Å². The van der Waals surface area contributed by atoms with Crippen LogP contribution in [-0.4, -0.2) is 58.1 Å². The Kier molecular flexibility index (Phi) is 11.4. The predicted octanol–water partition coefficient (Wildman–Crippen LogP) is 2.82. The fourth-order valence-electron chi connectivity index (χ4n) is 3.30. The molecule has 2 unspecified atom stereocenters. The molecule has 7 nitrogen and oxygen atoms in total. The van der Waals surface area contributed by atoms with Crippen molar-refractivity contribution in [3.8, 4) is 0 Å². The summed E-state index contributed by atoms with van der Waals surface area (Å²) in [7, 11) is -1.75. The van der Waals surface area contributed by atoms with Crippen LogP contribution in [0.3, 0.4) is 0 Å². The Morgan fingerprint density at radius 3 is 2.62 bits per heavy atom. The topological polar surface area (TPSA) is 83.0 Å². The molecule has 0 aliphatic carbocycles. The number of piperidine rings is 1. The first-order valence-corrected chi connectivity index (χ1v) is 11.4. The van der Waals surface area contributed by atoms with E-state index in [4.69, 9.17) is 4.74 Å². The third-order valence-corrected chi connectivity index (χ3v) is 6.62. The lowest BCUT2D eigenvalue weighted by molar-refractivity contribution is 0.179. The lowest BCUT2D eigenvalue weighted by Gasteiger charge is -2.30. The van der Waals surface area contributed by atoms with Gasteiger partial charge in [-0.15, -0.1) is 24.0 Å². The molecule has 0 bridgehead atoms. The second-order valence-electron chi connectivity index (χ2n) is 7.45. The number of guanidine groups is 1. The van der Waals surface area contributed by atoms with Gasteiger partial charge in [0.1, 0.15) is 0 Å². The van der Waals surface area contributed by atoms with E-state index < -0.39 is 10.0 Å². The predicted molar refractivity (Wildman–Crippen MR) is 128 cm³/mol. The largest absolute Gasteiger partial charge is 0.383 e. The normalized spacial score (nSPS) is 19.3. The van der Waals surface area contributed by atoms with Crippen LogP contribution in [-0.2, 0) is 21.3 Å². The molecule has 166 valence electrons. The Morgan fingerprint density at radius 2 is 2.03 bits per heavy atom. The third kappa shape index (κ3) is 8.03. The molecule has 1 aliphatic rings. The first kappa shape index (κ1) is 26.1. The maximum absolute atomic E-state index is 12.8. The molecular formula is C20H35IN4O3S. The van der Waals surface area contributed by atoms with Crippen LogP contribution in [0, 0.1) is 5.92 Å². The van der Waals surface area contributed by atoms with Crippen LogP contribution in [0.15, 0.2) is 34.2 Å². The molecular weight excluding hydrogens is 503 g/mol. The highest BCUT2D eigenvalue weighted by Crippen LogP contribution is 2.23. The molecule has 2 rings (SSSR count). The van der Waals surface area contributed by atoms with E-state index in [1.807, 2.05) is 26.0 Å². The van der Waals surface area contributed by atoms with E-state index in [1.54, 1.807) is 23.5 Å². The minimum absolute atomic E-state index is 0. The van der Waals surface area contributed by atoms with Crippen LogP contribution >= 0.6 is 24.0 Å². The maximum atomic E-state index is 12.8. The number of sulfonamides is 1. The molecule has 1 aliphatic heterocycles.